The minimum absolute atomic E-state index is 0.0575. The van der Waals surface area contributed by atoms with Crippen LogP contribution in [0, 0.1) is 3.57 Å². The Balaban J connectivity index is 1.86. The van der Waals surface area contributed by atoms with Crippen LogP contribution in [0.2, 0.25) is 0 Å². The fourth-order valence-electron chi connectivity index (χ4n) is 2.59. The predicted molar refractivity (Wildman–Crippen MR) is 105 cm³/mol. The molecular formula is C19H17IN2O4. The highest BCUT2D eigenvalue weighted by Gasteiger charge is 2.33. The van der Waals surface area contributed by atoms with Gasteiger partial charge in [0.1, 0.15) is 5.70 Å². The minimum atomic E-state index is -0.455. The van der Waals surface area contributed by atoms with Crippen LogP contribution in [0.25, 0.3) is 6.08 Å². The second-order valence-corrected chi connectivity index (χ2v) is 6.81. The fraction of sp³-hybridized carbons (Fsp3) is 0.158. The first-order valence-electron chi connectivity index (χ1n) is 8.03. The number of hydrogen-bond acceptors (Lipinski definition) is 4. The Bertz CT molecular complexity index is 881. The van der Waals surface area contributed by atoms with Gasteiger partial charge in [-0.2, -0.15) is 0 Å². The van der Waals surface area contributed by atoms with Gasteiger partial charge < -0.3 is 15.2 Å². The molecule has 7 heteroatoms. The number of benzene rings is 2. The number of rotatable bonds is 5. The maximum absolute atomic E-state index is 12.6. The summed E-state index contributed by atoms with van der Waals surface area (Å²) in [6.07, 6.45) is 1.58. The highest BCUT2D eigenvalue weighted by molar-refractivity contribution is 14.1. The largest absolute Gasteiger partial charge is 0.504 e. The number of ether oxygens (including phenoxy) is 1. The number of halogens is 1. The zero-order chi connectivity index (χ0) is 18.7. The molecule has 0 saturated carbocycles. The van der Waals surface area contributed by atoms with Gasteiger partial charge in [0, 0.05) is 0 Å². The zero-order valence-electron chi connectivity index (χ0n) is 14.0. The van der Waals surface area contributed by atoms with Crippen molar-refractivity contribution in [3.63, 3.8) is 0 Å². The zero-order valence-corrected chi connectivity index (χ0v) is 16.2. The number of hydrogen-bond donors (Lipinski definition) is 2. The average Bonchev–Trinajstić information content (AvgIpc) is 2.88. The summed E-state index contributed by atoms with van der Waals surface area (Å²) in [5.74, 6) is 0.00569. The van der Waals surface area contributed by atoms with E-state index in [0.717, 1.165) is 10.5 Å². The summed E-state index contributed by atoms with van der Waals surface area (Å²) in [5.41, 5.74) is 1.71. The number of imide groups is 1. The van der Waals surface area contributed by atoms with E-state index in [1.54, 1.807) is 18.2 Å². The van der Waals surface area contributed by atoms with Gasteiger partial charge in [0.2, 0.25) is 0 Å². The monoisotopic (exact) mass is 464 g/mol. The summed E-state index contributed by atoms with van der Waals surface area (Å²) in [5, 5.41) is 12.6. The van der Waals surface area contributed by atoms with Crippen molar-refractivity contribution in [1.29, 1.82) is 0 Å². The van der Waals surface area contributed by atoms with Crippen molar-refractivity contribution in [1.82, 2.24) is 10.2 Å². The lowest BCUT2D eigenvalue weighted by atomic mass is 10.1. The molecule has 1 heterocycles. The molecule has 0 unspecified atom stereocenters. The number of nitrogens with one attached hydrogen (secondary N) is 1. The molecule has 0 aromatic heterocycles. The first-order chi connectivity index (χ1) is 12.5. The van der Waals surface area contributed by atoms with Crippen molar-refractivity contribution in [2.45, 2.75) is 13.5 Å². The Morgan fingerprint density at radius 3 is 2.65 bits per heavy atom. The number of aromatic hydroxyl groups is 1. The summed E-state index contributed by atoms with van der Waals surface area (Å²) in [7, 11) is 0. The van der Waals surface area contributed by atoms with Crippen LogP contribution in [-0.2, 0) is 11.3 Å². The summed E-state index contributed by atoms with van der Waals surface area (Å²) >= 11 is 1.99. The van der Waals surface area contributed by atoms with Crippen molar-refractivity contribution in [3.8, 4) is 11.5 Å². The Morgan fingerprint density at radius 1 is 1.23 bits per heavy atom. The highest BCUT2D eigenvalue weighted by atomic mass is 127. The van der Waals surface area contributed by atoms with Crippen molar-refractivity contribution in [2.75, 3.05) is 6.61 Å². The van der Waals surface area contributed by atoms with Crippen LogP contribution in [0.4, 0.5) is 4.79 Å². The van der Waals surface area contributed by atoms with E-state index < -0.39 is 6.03 Å². The maximum Gasteiger partial charge on any atom is 0.329 e. The summed E-state index contributed by atoms with van der Waals surface area (Å²) < 4.78 is 6.00. The molecule has 0 bridgehead atoms. The molecule has 1 aliphatic rings. The van der Waals surface area contributed by atoms with Crippen LogP contribution in [0.1, 0.15) is 18.1 Å². The SMILES string of the molecule is CCOc1cc(/C=C2/NC(=O)N(Cc3ccccc3)C2=O)cc(I)c1O. The second-order valence-electron chi connectivity index (χ2n) is 5.65. The molecule has 0 atom stereocenters. The van der Waals surface area contributed by atoms with Crippen LogP contribution >= 0.6 is 22.6 Å². The number of amides is 3. The van der Waals surface area contributed by atoms with Crippen LogP contribution in [0.15, 0.2) is 48.2 Å². The number of nitrogens with zero attached hydrogens (tertiary/aromatic N) is 1. The van der Waals surface area contributed by atoms with Gasteiger partial charge in [-0.05, 0) is 58.9 Å². The maximum atomic E-state index is 12.6. The highest BCUT2D eigenvalue weighted by Crippen LogP contribution is 2.33. The minimum Gasteiger partial charge on any atom is -0.504 e. The molecule has 1 aliphatic heterocycles. The van der Waals surface area contributed by atoms with E-state index in [1.807, 2.05) is 59.8 Å². The molecule has 2 aromatic carbocycles. The van der Waals surface area contributed by atoms with E-state index in [-0.39, 0.29) is 23.9 Å². The van der Waals surface area contributed by atoms with Crippen LogP contribution < -0.4 is 10.1 Å². The van der Waals surface area contributed by atoms with E-state index in [9.17, 15) is 14.7 Å². The first-order valence-corrected chi connectivity index (χ1v) is 9.11. The molecular weight excluding hydrogens is 447 g/mol. The third kappa shape index (κ3) is 3.82. The number of carbonyl (C=O) groups excluding carboxylic acids is 2. The van der Waals surface area contributed by atoms with Crippen molar-refractivity contribution in [2.24, 2.45) is 0 Å². The molecule has 1 fully saturated rings. The summed E-state index contributed by atoms with van der Waals surface area (Å²) in [4.78, 5) is 25.9. The molecule has 0 radical (unpaired) electrons. The third-order valence-corrected chi connectivity index (χ3v) is 4.63. The van der Waals surface area contributed by atoms with E-state index in [0.29, 0.717) is 21.5 Å². The lowest BCUT2D eigenvalue weighted by molar-refractivity contribution is -0.123. The number of urea groups is 1. The van der Waals surface area contributed by atoms with Crippen LogP contribution in [-0.4, -0.2) is 28.6 Å². The van der Waals surface area contributed by atoms with Gasteiger partial charge in [-0.1, -0.05) is 30.3 Å². The van der Waals surface area contributed by atoms with Gasteiger partial charge >= 0.3 is 6.03 Å². The first kappa shape index (κ1) is 18.2. The average molecular weight is 464 g/mol. The van der Waals surface area contributed by atoms with Gasteiger partial charge in [0.15, 0.2) is 11.5 Å². The standard InChI is InChI=1S/C19H17IN2O4/c1-2-26-16-10-13(8-14(20)17(16)23)9-15-18(24)22(19(25)21-15)11-12-6-4-3-5-7-12/h3-10,23H,2,11H2,1H3,(H,21,25)/b15-9+. The van der Waals surface area contributed by atoms with Crippen molar-refractivity contribution < 1.29 is 19.4 Å². The van der Waals surface area contributed by atoms with Crippen molar-refractivity contribution in [3.05, 3.63) is 62.9 Å². The van der Waals surface area contributed by atoms with Gasteiger partial charge in [-0.15, -0.1) is 0 Å². The second kappa shape index (κ2) is 7.77. The molecule has 0 aliphatic carbocycles. The Kier molecular flexibility index (Phi) is 5.46. The summed E-state index contributed by atoms with van der Waals surface area (Å²) in [6.45, 7) is 2.43. The van der Waals surface area contributed by atoms with Gasteiger partial charge in [0.25, 0.3) is 5.91 Å². The molecule has 6 nitrogen and oxygen atoms in total. The molecule has 3 rings (SSSR count). The molecule has 134 valence electrons. The fourth-order valence-corrected chi connectivity index (χ4v) is 3.22. The quantitative estimate of drug-likeness (QED) is 0.404. The normalized spacial score (nSPS) is 15.5. The molecule has 0 spiro atoms. The molecule has 1 saturated heterocycles. The lowest BCUT2D eigenvalue weighted by Crippen LogP contribution is -2.30. The van der Waals surface area contributed by atoms with Crippen LogP contribution in [0.3, 0.4) is 0 Å². The van der Waals surface area contributed by atoms with Gasteiger partial charge in [0.05, 0.1) is 16.7 Å². The van der Waals surface area contributed by atoms with Crippen LogP contribution in [0.5, 0.6) is 11.5 Å². The third-order valence-electron chi connectivity index (χ3n) is 3.81. The molecule has 2 N–H and O–H groups in total. The van der Waals surface area contributed by atoms with E-state index in [2.05, 4.69) is 5.32 Å². The van der Waals surface area contributed by atoms with Crippen molar-refractivity contribution >= 4 is 40.6 Å². The van der Waals surface area contributed by atoms with E-state index >= 15 is 0 Å². The van der Waals surface area contributed by atoms with E-state index in [4.69, 9.17) is 4.74 Å². The Hall–Kier alpha value is -2.55. The Morgan fingerprint density at radius 2 is 1.96 bits per heavy atom. The number of phenols is 1. The smallest absolute Gasteiger partial charge is 0.329 e. The summed E-state index contributed by atoms with van der Waals surface area (Å²) in [6, 6.07) is 12.2. The van der Waals surface area contributed by atoms with Gasteiger partial charge in [-0.3, -0.25) is 9.69 Å². The number of carbonyl (C=O) groups is 2. The molecule has 26 heavy (non-hydrogen) atoms. The molecule has 2 aromatic rings. The number of phenolic OH excluding ortho intramolecular Hbond substituents is 1. The van der Waals surface area contributed by atoms with Gasteiger partial charge in [-0.25, -0.2) is 4.79 Å². The Labute approximate surface area is 164 Å². The topological polar surface area (TPSA) is 78.9 Å². The van der Waals surface area contributed by atoms with E-state index in [1.165, 1.54) is 0 Å². The predicted octanol–water partition coefficient (Wildman–Crippen LogP) is 3.49. The molecule has 3 amide bonds. The lowest BCUT2D eigenvalue weighted by Gasteiger charge is -2.11.